The van der Waals surface area contributed by atoms with Gasteiger partial charge in [-0.1, -0.05) is 11.8 Å². The van der Waals surface area contributed by atoms with Crippen LogP contribution < -0.4 is 9.47 Å². The van der Waals surface area contributed by atoms with E-state index in [1.165, 1.54) is 32.0 Å². The van der Waals surface area contributed by atoms with Crippen LogP contribution in [0.15, 0.2) is 35.9 Å². The standard InChI is InChI=1S/C21H19F2N5O3S/c1-30-14-7-15(31-2)18(23)16(17(14)22)13-6-11-8-24-21(32-3)27-19(11)20(26-13)12-9-25-28(10-12)4-5-29/h6-10,29H,4-5H2,1-3H3. The van der Waals surface area contributed by atoms with Crippen molar-refractivity contribution in [3.8, 4) is 34.0 Å². The lowest BCUT2D eigenvalue weighted by molar-refractivity contribution is 0.269. The van der Waals surface area contributed by atoms with Crippen molar-refractivity contribution in [2.75, 3.05) is 27.1 Å². The molecule has 8 nitrogen and oxygen atoms in total. The number of thioether (sulfide) groups is 1. The van der Waals surface area contributed by atoms with Crippen LogP contribution in [0, 0.1) is 11.6 Å². The van der Waals surface area contributed by atoms with Gasteiger partial charge >= 0.3 is 0 Å². The molecule has 4 rings (SSSR count). The van der Waals surface area contributed by atoms with Crippen molar-refractivity contribution < 1.29 is 23.4 Å². The molecule has 0 aliphatic carbocycles. The molecule has 0 aliphatic heterocycles. The van der Waals surface area contributed by atoms with E-state index in [0.717, 1.165) is 6.07 Å². The van der Waals surface area contributed by atoms with E-state index in [9.17, 15) is 5.11 Å². The quantitative estimate of drug-likeness (QED) is 0.331. The van der Waals surface area contributed by atoms with Crippen molar-refractivity contribution in [3.05, 3.63) is 42.4 Å². The van der Waals surface area contributed by atoms with Crippen LogP contribution in [0.2, 0.25) is 0 Å². The maximum atomic E-state index is 15.2. The minimum Gasteiger partial charge on any atom is -0.494 e. The van der Waals surface area contributed by atoms with Gasteiger partial charge in [0.15, 0.2) is 28.3 Å². The highest BCUT2D eigenvalue weighted by molar-refractivity contribution is 7.98. The summed E-state index contributed by atoms with van der Waals surface area (Å²) in [5, 5.41) is 14.5. The second-order valence-corrected chi connectivity index (χ2v) is 7.42. The Labute approximate surface area is 186 Å². The maximum Gasteiger partial charge on any atom is 0.187 e. The second kappa shape index (κ2) is 9.05. The monoisotopic (exact) mass is 459 g/mol. The Hall–Kier alpha value is -3.31. The molecule has 1 N–H and O–H groups in total. The first kappa shape index (κ1) is 21.9. The van der Waals surface area contributed by atoms with Gasteiger partial charge in [-0.2, -0.15) is 5.10 Å². The Bertz CT molecular complexity index is 1270. The van der Waals surface area contributed by atoms with Crippen molar-refractivity contribution in [2.45, 2.75) is 11.7 Å². The molecule has 0 bridgehead atoms. The van der Waals surface area contributed by atoms with E-state index in [1.807, 2.05) is 6.26 Å². The molecule has 32 heavy (non-hydrogen) atoms. The zero-order valence-electron chi connectivity index (χ0n) is 17.5. The Morgan fingerprint density at radius 3 is 2.41 bits per heavy atom. The van der Waals surface area contributed by atoms with E-state index >= 15 is 8.78 Å². The fraction of sp³-hybridized carbons (Fsp3) is 0.238. The van der Waals surface area contributed by atoms with Gasteiger partial charge < -0.3 is 14.6 Å². The molecular weight excluding hydrogens is 440 g/mol. The van der Waals surface area contributed by atoms with Gasteiger partial charge in [-0.25, -0.2) is 23.7 Å². The van der Waals surface area contributed by atoms with Gasteiger partial charge in [-0.3, -0.25) is 4.68 Å². The number of rotatable bonds is 7. The Morgan fingerprint density at radius 2 is 1.78 bits per heavy atom. The third-order valence-electron chi connectivity index (χ3n) is 4.79. The SMILES string of the molecule is COc1cc(OC)c(F)c(-c2cc3cnc(SC)nc3c(-c3cnn(CCO)c3)n2)c1F. The van der Waals surface area contributed by atoms with E-state index in [4.69, 9.17) is 9.47 Å². The summed E-state index contributed by atoms with van der Waals surface area (Å²) >= 11 is 1.36. The van der Waals surface area contributed by atoms with Crippen LogP contribution in [0.1, 0.15) is 0 Å². The lowest BCUT2D eigenvalue weighted by Crippen LogP contribution is -2.02. The highest BCUT2D eigenvalue weighted by Gasteiger charge is 2.24. The molecule has 166 valence electrons. The van der Waals surface area contributed by atoms with Crippen LogP contribution in [0.3, 0.4) is 0 Å². The molecule has 3 heterocycles. The van der Waals surface area contributed by atoms with E-state index < -0.39 is 11.6 Å². The number of fused-ring (bicyclic) bond motifs is 1. The van der Waals surface area contributed by atoms with Crippen molar-refractivity contribution in [3.63, 3.8) is 0 Å². The van der Waals surface area contributed by atoms with E-state index in [0.29, 0.717) is 33.9 Å². The van der Waals surface area contributed by atoms with Crippen LogP contribution in [0.5, 0.6) is 11.5 Å². The third-order valence-corrected chi connectivity index (χ3v) is 5.35. The van der Waals surface area contributed by atoms with E-state index in [2.05, 4.69) is 20.1 Å². The number of aromatic nitrogens is 5. The average Bonchev–Trinajstić information content (AvgIpc) is 3.27. The number of nitrogens with zero attached hydrogens (tertiary/aromatic N) is 5. The minimum absolute atomic E-state index is 0.0232. The molecule has 0 aliphatic rings. The van der Waals surface area contributed by atoms with E-state index in [1.54, 1.807) is 23.3 Å². The third kappa shape index (κ3) is 3.84. The van der Waals surface area contributed by atoms with Gasteiger partial charge in [0.25, 0.3) is 0 Å². The molecule has 0 saturated carbocycles. The van der Waals surface area contributed by atoms with Gasteiger partial charge in [-0.05, 0) is 12.3 Å². The molecule has 0 fully saturated rings. The number of methoxy groups -OCH3 is 2. The number of aliphatic hydroxyl groups excluding tert-OH is 1. The zero-order valence-corrected chi connectivity index (χ0v) is 18.3. The summed E-state index contributed by atoms with van der Waals surface area (Å²) < 4.78 is 42.0. The smallest absolute Gasteiger partial charge is 0.187 e. The highest BCUT2D eigenvalue weighted by atomic mass is 32.2. The lowest BCUT2D eigenvalue weighted by atomic mass is 10.0. The number of benzene rings is 1. The molecule has 0 atom stereocenters. The summed E-state index contributed by atoms with van der Waals surface area (Å²) in [7, 11) is 2.57. The molecular formula is C21H19F2N5O3S. The summed E-state index contributed by atoms with van der Waals surface area (Å²) in [6, 6.07) is 2.66. The summed E-state index contributed by atoms with van der Waals surface area (Å²) in [6.07, 6.45) is 6.66. The molecule has 1 aromatic carbocycles. The largest absolute Gasteiger partial charge is 0.494 e. The molecule has 0 radical (unpaired) electrons. The summed E-state index contributed by atoms with van der Waals surface area (Å²) in [5.74, 6) is -2.15. The first-order valence-corrected chi connectivity index (χ1v) is 10.7. The summed E-state index contributed by atoms with van der Waals surface area (Å²) in [5.41, 5.74) is 1.09. The first-order chi connectivity index (χ1) is 15.5. The van der Waals surface area contributed by atoms with Gasteiger partial charge in [0.2, 0.25) is 0 Å². The fourth-order valence-electron chi connectivity index (χ4n) is 3.27. The molecule has 0 saturated heterocycles. The lowest BCUT2D eigenvalue weighted by Gasteiger charge is -2.14. The Kier molecular flexibility index (Phi) is 6.19. The number of hydrogen-bond donors (Lipinski definition) is 1. The number of hydrogen-bond acceptors (Lipinski definition) is 8. The summed E-state index contributed by atoms with van der Waals surface area (Å²) in [6.45, 7) is 0.202. The van der Waals surface area contributed by atoms with Crippen molar-refractivity contribution in [1.82, 2.24) is 24.7 Å². The molecule has 3 aromatic heterocycles. The fourth-order valence-corrected chi connectivity index (χ4v) is 3.61. The molecule has 0 unspecified atom stereocenters. The Balaban J connectivity index is 2.02. The molecule has 11 heteroatoms. The van der Waals surface area contributed by atoms with Gasteiger partial charge in [0.1, 0.15) is 11.2 Å². The van der Waals surface area contributed by atoms with Crippen molar-refractivity contribution in [2.24, 2.45) is 0 Å². The number of aliphatic hydroxyl groups is 1. The van der Waals surface area contributed by atoms with Crippen molar-refractivity contribution in [1.29, 1.82) is 0 Å². The average molecular weight is 459 g/mol. The van der Waals surface area contributed by atoms with Crippen LogP contribution in [-0.2, 0) is 6.54 Å². The second-order valence-electron chi connectivity index (χ2n) is 6.65. The first-order valence-electron chi connectivity index (χ1n) is 9.46. The van der Waals surface area contributed by atoms with Gasteiger partial charge in [0, 0.05) is 29.4 Å². The zero-order chi connectivity index (χ0) is 22.8. The van der Waals surface area contributed by atoms with Crippen LogP contribution in [0.25, 0.3) is 33.4 Å². The van der Waals surface area contributed by atoms with Crippen LogP contribution in [-0.4, -0.2) is 56.9 Å². The summed E-state index contributed by atoms with van der Waals surface area (Å²) in [4.78, 5) is 13.4. The highest BCUT2D eigenvalue weighted by Crippen LogP contribution is 2.39. The molecule has 0 amide bonds. The molecule has 0 spiro atoms. The predicted octanol–water partition coefficient (Wildman–Crippen LogP) is 3.56. The topological polar surface area (TPSA) is 95.2 Å². The van der Waals surface area contributed by atoms with Crippen LogP contribution in [0.4, 0.5) is 8.78 Å². The minimum atomic E-state index is -0.902. The van der Waals surface area contributed by atoms with E-state index in [-0.39, 0.29) is 29.4 Å². The number of halogens is 2. The number of pyridine rings is 1. The normalized spacial score (nSPS) is 11.2. The predicted molar refractivity (Wildman–Crippen MR) is 116 cm³/mol. The van der Waals surface area contributed by atoms with Gasteiger partial charge in [-0.15, -0.1) is 0 Å². The van der Waals surface area contributed by atoms with Gasteiger partial charge in [0.05, 0.1) is 44.8 Å². The molecule has 4 aromatic rings. The van der Waals surface area contributed by atoms with Crippen molar-refractivity contribution >= 4 is 22.7 Å². The maximum absolute atomic E-state index is 15.2. The number of ether oxygens (including phenoxy) is 2. The Morgan fingerprint density at radius 1 is 1.06 bits per heavy atom. The van der Waals surface area contributed by atoms with Crippen LogP contribution >= 0.6 is 11.8 Å².